The molecule has 222 valence electrons. The standard InChI is InChI=1S/C26H28O15/c27-7-18-20(33)21(34)22(41-25-23(35)26(36,8-28)9-37-25)24(40-18)38-11-4-14(31)19-15(32)6-16(39-17(19)5-11)10-1-2-12(29)13(30)3-10/h1-6,18,20-25,27-31,33-36H,7-9H2/t18-,20-,21+,22-,23+,24-,25+,26-/m0/s1. The Morgan fingerprint density at radius 1 is 0.927 bits per heavy atom. The minimum atomic E-state index is -2.05. The summed E-state index contributed by atoms with van der Waals surface area (Å²) in [6.45, 7) is -2.11. The lowest BCUT2D eigenvalue weighted by Crippen LogP contribution is -2.62. The maximum absolute atomic E-state index is 12.8. The smallest absolute Gasteiger partial charge is 0.229 e. The van der Waals surface area contributed by atoms with E-state index in [0.29, 0.717) is 0 Å². The van der Waals surface area contributed by atoms with Gasteiger partial charge in [0.25, 0.3) is 0 Å². The number of phenols is 3. The number of hydrogen-bond acceptors (Lipinski definition) is 15. The second kappa shape index (κ2) is 11.1. The van der Waals surface area contributed by atoms with Gasteiger partial charge < -0.3 is 69.3 Å². The molecule has 9 N–H and O–H groups in total. The number of aromatic hydroxyl groups is 3. The van der Waals surface area contributed by atoms with Gasteiger partial charge in [-0.3, -0.25) is 4.79 Å². The van der Waals surface area contributed by atoms with Crippen molar-refractivity contribution in [2.45, 2.75) is 48.7 Å². The Morgan fingerprint density at radius 2 is 1.68 bits per heavy atom. The fourth-order valence-electron chi connectivity index (χ4n) is 4.62. The molecule has 8 atom stereocenters. The number of benzene rings is 2. The summed E-state index contributed by atoms with van der Waals surface area (Å²) in [6.07, 6.45) is -11.4. The van der Waals surface area contributed by atoms with Crippen molar-refractivity contribution in [3.05, 3.63) is 46.6 Å². The van der Waals surface area contributed by atoms with E-state index in [1.54, 1.807) is 0 Å². The van der Waals surface area contributed by atoms with Crippen LogP contribution in [0.4, 0.5) is 0 Å². The molecule has 2 aliphatic rings. The molecule has 2 fully saturated rings. The molecule has 2 aliphatic heterocycles. The number of phenolic OH excluding ortho intramolecular Hbond substituents is 3. The van der Waals surface area contributed by atoms with Gasteiger partial charge in [0.1, 0.15) is 58.2 Å². The maximum Gasteiger partial charge on any atom is 0.229 e. The number of hydrogen-bond donors (Lipinski definition) is 9. The number of aliphatic hydroxyl groups is 6. The molecule has 3 heterocycles. The van der Waals surface area contributed by atoms with E-state index in [1.807, 2.05) is 0 Å². The van der Waals surface area contributed by atoms with Crippen molar-refractivity contribution >= 4 is 11.0 Å². The van der Waals surface area contributed by atoms with E-state index in [0.717, 1.165) is 18.2 Å². The van der Waals surface area contributed by atoms with E-state index >= 15 is 0 Å². The molecule has 15 heteroatoms. The fraction of sp³-hybridized carbons (Fsp3) is 0.423. The molecule has 0 saturated carbocycles. The highest BCUT2D eigenvalue weighted by molar-refractivity contribution is 5.86. The van der Waals surface area contributed by atoms with Crippen LogP contribution >= 0.6 is 0 Å². The summed E-state index contributed by atoms with van der Waals surface area (Å²) in [7, 11) is 0. The lowest BCUT2D eigenvalue weighted by atomic mass is 9.98. The van der Waals surface area contributed by atoms with Crippen LogP contribution in [0.2, 0.25) is 0 Å². The van der Waals surface area contributed by atoms with Crippen LogP contribution in [0.25, 0.3) is 22.3 Å². The van der Waals surface area contributed by atoms with Gasteiger partial charge in [-0.15, -0.1) is 0 Å². The van der Waals surface area contributed by atoms with E-state index in [1.165, 1.54) is 18.2 Å². The Hall–Kier alpha value is -3.51. The normalized spacial score (nSPS) is 31.9. The Kier molecular flexibility index (Phi) is 7.82. The molecule has 0 radical (unpaired) electrons. The van der Waals surface area contributed by atoms with Gasteiger partial charge in [-0.2, -0.15) is 0 Å². The van der Waals surface area contributed by atoms with Crippen LogP contribution in [0.5, 0.6) is 23.0 Å². The van der Waals surface area contributed by atoms with Crippen LogP contribution in [0.15, 0.2) is 45.6 Å². The van der Waals surface area contributed by atoms with E-state index in [-0.39, 0.29) is 33.8 Å². The Labute approximate surface area is 230 Å². The molecule has 0 bridgehead atoms. The summed E-state index contributed by atoms with van der Waals surface area (Å²) in [4.78, 5) is 12.8. The molecule has 0 aliphatic carbocycles. The summed E-state index contributed by atoms with van der Waals surface area (Å²) in [6, 6.07) is 7.06. The average Bonchev–Trinajstić information content (AvgIpc) is 3.22. The first kappa shape index (κ1) is 29.0. The van der Waals surface area contributed by atoms with Gasteiger partial charge in [-0.25, -0.2) is 0 Å². The third kappa shape index (κ3) is 5.30. The highest BCUT2D eigenvalue weighted by Gasteiger charge is 2.53. The quantitative estimate of drug-likeness (QED) is 0.140. The van der Waals surface area contributed by atoms with Crippen LogP contribution in [-0.4, -0.2) is 114 Å². The van der Waals surface area contributed by atoms with Crippen LogP contribution in [-0.2, 0) is 14.2 Å². The zero-order valence-corrected chi connectivity index (χ0v) is 21.1. The maximum atomic E-state index is 12.8. The van der Waals surface area contributed by atoms with E-state index < -0.39 is 85.4 Å². The molecule has 2 saturated heterocycles. The molecular formula is C26H28O15. The molecule has 5 rings (SSSR count). The van der Waals surface area contributed by atoms with Crippen LogP contribution in [0.3, 0.4) is 0 Å². The van der Waals surface area contributed by atoms with Gasteiger partial charge in [0.2, 0.25) is 6.29 Å². The largest absolute Gasteiger partial charge is 0.507 e. The lowest BCUT2D eigenvalue weighted by Gasteiger charge is -2.42. The second-order valence-electron chi connectivity index (χ2n) is 9.81. The molecular weight excluding hydrogens is 552 g/mol. The zero-order valence-electron chi connectivity index (χ0n) is 21.1. The summed E-state index contributed by atoms with van der Waals surface area (Å²) in [5.41, 5.74) is -2.63. The summed E-state index contributed by atoms with van der Waals surface area (Å²) >= 11 is 0. The fourth-order valence-corrected chi connectivity index (χ4v) is 4.62. The highest BCUT2D eigenvalue weighted by Crippen LogP contribution is 2.36. The SMILES string of the molecule is O=c1cc(-c2ccc(O)c(O)c2)oc2cc(O[C@H]3O[C@@H](CO)[C@H](O)[C@@H](O)[C@@H]3O[C@H]3OC[C@@](O)(CO)[C@@H]3O)cc(O)c12. The van der Waals surface area contributed by atoms with Crippen molar-refractivity contribution in [3.63, 3.8) is 0 Å². The van der Waals surface area contributed by atoms with Crippen molar-refractivity contribution in [2.24, 2.45) is 0 Å². The summed E-state index contributed by atoms with van der Waals surface area (Å²) in [5, 5.41) is 90.5. The lowest BCUT2D eigenvalue weighted by molar-refractivity contribution is -0.318. The molecule has 3 aromatic rings. The number of rotatable bonds is 7. The monoisotopic (exact) mass is 580 g/mol. The first-order valence-electron chi connectivity index (χ1n) is 12.4. The van der Waals surface area contributed by atoms with Crippen molar-refractivity contribution in [1.29, 1.82) is 0 Å². The van der Waals surface area contributed by atoms with Gasteiger partial charge >= 0.3 is 0 Å². The first-order chi connectivity index (χ1) is 19.4. The van der Waals surface area contributed by atoms with E-state index in [9.17, 15) is 50.8 Å². The summed E-state index contributed by atoms with van der Waals surface area (Å²) < 4.78 is 27.9. The molecule has 0 unspecified atom stereocenters. The Bertz CT molecular complexity index is 1470. The van der Waals surface area contributed by atoms with Crippen molar-refractivity contribution in [2.75, 3.05) is 19.8 Å². The second-order valence-corrected chi connectivity index (χ2v) is 9.81. The number of fused-ring (bicyclic) bond motifs is 1. The molecule has 2 aromatic carbocycles. The van der Waals surface area contributed by atoms with E-state index in [4.69, 9.17) is 23.4 Å². The predicted octanol–water partition coefficient (Wildman–Crippen LogP) is -1.78. The van der Waals surface area contributed by atoms with Crippen molar-refractivity contribution < 1.29 is 69.3 Å². The van der Waals surface area contributed by atoms with Gasteiger partial charge in [0.05, 0.1) is 19.8 Å². The van der Waals surface area contributed by atoms with Crippen LogP contribution in [0, 0.1) is 0 Å². The highest BCUT2D eigenvalue weighted by atomic mass is 16.8. The molecule has 1 aromatic heterocycles. The van der Waals surface area contributed by atoms with Crippen molar-refractivity contribution in [3.8, 4) is 34.3 Å². The van der Waals surface area contributed by atoms with Crippen molar-refractivity contribution in [1.82, 2.24) is 0 Å². The minimum Gasteiger partial charge on any atom is -0.507 e. The van der Waals surface area contributed by atoms with Crippen LogP contribution in [0.1, 0.15) is 0 Å². The predicted molar refractivity (Wildman–Crippen MR) is 134 cm³/mol. The number of ether oxygens (including phenoxy) is 4. The molecule has 0 spiro atoms. The third-order valence-corrected chi connectivity index (χ3v) is 6.99. The van der Waals surface area contributed by atoms with Crippen LogP contribution < -0.4 is 10.2 Å². The first-order valence-corrected chi connectivity index (χ1v) is 12.4. The van der Waals surface area contributed by atoms with Gasteiger partial charge in [-0.1, -0.05) is 0 Å². The molecule has 41 heavy (non-hydrogen) atoms. The average molecular weight is 580 g/mol. The van der Waals surface area contributed by atoms with Gasteiger partial charge in [0, 0.05) is 23.8 Å². The Balaban J connectivity index is 1.48. The number of aliphatic hydroxyl groups excluding tert-OH is 5. The van der Waals surface area contributed by atoms with Gasteiger partial charge in [0.15, 0.2) is 29.3 Å². The molecule has 0 amide bonds. The third-order valence-electron chi connectivity index (χ3n) is 6.99. The topological polar surface area (TPSA) is 249 Å². The zero-order chi connectivity index (χ0) is 29.6. The summed E-state index contributed by atoms with van der Waals surface area (Å²) in [5.74, 6) is -1.60. The van der Waals surface area contributed by atoms with Gasteiger partial charge in [-0.05, 0) is 18.2 Å². The van der Waals surface area contributed by atoms with E-state index in [2.05, 4.69) is 0 Å². The minimum absolute atomic E-state index is 0.0212. The Morgan fingerprint density at radius 3 is 2.34 bits per heavy atom. The molecule has 15 nitrogen and oxygen atoms in total.